The Morgan fingerprint density at radius 1 is 1.47 bits per heavy atom. The zero-order chi connectivity index (χ0) is 10.4. The maximum Gasteiger partial charge on any atom is 0.0461 e. The Kier molecular flexibility index (Phi) is 1.93. The van der Waals surface area contributed by atoms with Crippen molar-refractivity contribution in [2.24, 2.45) is 0 Å². The number of alkyl halides is 1. The van der Waals surface area contributed by atoms with Crippen LogP contribution in [0.25, 0.3) is 10.9 Å². The summed E-state index contributed by atoms with van der Waals surface area (Å²) < 4.78 is 0. The van der Waals surface area contributed by atoms with E-state index in [0.29, 0.717) is 11.8 Å². The number of aryl methyl sites for hydroxylation is 1. The van der Waals surface area contributed by atoms with Crippen molar-refractivity contribution in [2.75, 3.05) is 17.7 Å². The molecule has 15 heavy (non-hydrogen) atoms. The van der Waals surface area contributed by atoms with Crippen LogP contribution in [-0.4, -0.2) is 17.4 Å². The minimum Gasteiger partial charge on any atom is -0.384 e. The molecule has 0 aliphatic carbocycles. The van der Waals surface area contributed by atoms with Gasteiger partial charge in [0, 0.05) is 41.1 Å². The van der Waals surface area contributed by atoms with Crippen molar-refractivity contribution >= 4 is 28.2 Å². The van der Waals surface area contributed by atoms with E-state index < -0.39 is 0 Å². The molecule has 1 aromatic carbocycles. The molecule has 2 nitrogen and oxygen atoms in total. The molecule has 1 unspecified atom stereocenters. The van der Waals surface area contributed by atoms with E-state index >= 15 is 0 Å². The summed E-state index contributed by atoms with van der Waals surface area (Å²) in [6, 6.07) is 4.27. The van der Waals surface area contributed by atoms with Gasteiger partial charge in [0.15, 0.2) is 0 Å². The molecule has 0 fully saturated rings. The predicted molar refractivity (Wildman–Crippen MR) is 65.0 cm³/mol. The van der Waals surface area contributed by atoms with Gasteiger partial charge in [-0.15, -0.1) is 11.6 Å². The quantitative estimate of drug-likeness (QED) is 0.710. The van der Waals surface area contributed by atoms with Crippen LogP contribution in [0.4, 0.5) is 5.69 Å². The van der Waals surface area contributed by atoms with Gasteiger partial charge in [0.2, 0.25) is 0 Å². The van der Waals surface area contributed by atoms with Crippen molar-refractivity contribution in [3.8, 4) is 0 Å². The van der Waals surface area contributed by atoms with Crippen molar-refractivity contribution in [3.63, 3.8) is 0 Å². The highest BCUT2D eigenvalue weighted by atomic mass is 35.5. The second kappa shape index (κ2) is 3.17. The van der Waals surface area contributed by atoms with Crippen LogP contribution < -0.4 is 5.32 Å². The summed E-state index contributed by atoms with van der Waals surface area (Å²) in [6.45, 7) is 3.10. The maximum atomic E-state index is 6.01. The zero-order valence-corrected chi connectivity index (χ0v) is 9.36. The second-order valence-corrected chi connectivity index (χ2v) is 4.46. The Labute approximate surface area is 93.6 Å². The Bertz CT molecular complexity index is 516. The molecule has 3 heteroatoms. The highest BCUT2D eigenvalue weighted by molar-refractivity contribution is 6.18. The number of aromatic amines is 1. The number of aromatic nitrogens is 1. The third kappa shape index (κ3) is 1.18. The van der Waals surface area contributed by atoms with Gasteiger partial charge in [-0.05, 0) is 30.2 Å². The molecule has 3 rings (SSSR count). The number of benzene rings is 1. The van der Waals surface area contributed by atoms with Crippen molar-refractivity contribution in [2.45, 2.75) is 12.8 Å². The minimum absolute atomic E-state index is 0.444. The monoisotopic (exact) mass is 220 g/mol. The highest BCUT2D eigenvalue weighted by Crippen LogP contribution is 2.39. The first kappa shape index (κ1) is 9.10. The van der Waals surface area contributed by atoms with Crippen LogP contribution in [-0.2, 0) is 0 Å². The number of nitrogens with one attached hydrogen (secondary N) is 2. The van der Waals surface area contributed by atoms with Gasteiger partial charge < -0.3 is 10.3 Å². The lowest BCUT2D eigenvalue weighted by molar-refractivity contribution is 0.868. The molecule has 0 spiro atoms. The average Bonchev–Trinajstić information content (AvgIpc) is 2.81. The van der Waals surface area contributed by atoms with E-state index in [9.17, 15) is 0 Å². The molecular weight excluding hydrogens is 208 g/mol. The van der Waals surface area contributed by atoms with Gasteiger partial charge in [-0.25, -0.2) is 0 Å². The van der Waals surface area contributed by atoms with E-state index in [1.807, 2.05) is 0 Å². The smallest absolute Gasteiger partial charge is 0.0461 e. The molecule has 0 saturated heterocycles. The lowest BCUT2D eigenvalue weighted by Gasteiger charge is -2.07. The fourth-order valence-electron chi connectivity index (χ4n) is 2.47. The molecule has 0 saturated carbocycles. The fraction of sp³-hybridized carbons (Fsp3) is 0.333. The Hall–Kier alpha value is -1.15. The first-order valence-electron chi connectivity index (χ1n) is 5.21. The first-order chi connectivity index (χ1) is 7.31. The van der Waals surface area contributed by atoms with Gasteiger partial charge in [0.1, 0.15) is 0 Å². The molecule has 0 radical (unpaired) electrons. The Morgan fingerprint density at radius 3 is 3.13 bits per heavy atom. The van der Waals surface area contributed by atoms with Gasteiger partial charge >= 0.3 is 0 Å². The van der Waals surface area contributed by atoms with E-state index in [2.05, 4.69) is 35.6 Å². The van der Waals surface area contributed by atoms with Gasteiger partial charge in [0.05, 0.1) is 0 Å². The van der Waals surface area contributed by atoms with E-state index in [1.54, 1.807) is 0 Å². The molecule has 78 valence electrons. The minimum atomic E-state index is 0.444. The van der Waals surface area contributed by atoms with Gasteiger partial charge in [-0.1, -0.05) is 0 Å². The number of anilines is 1. The van der Waals surface area contributed by atoms with Gasteiger partial charge in [-0.2, -0.15) is 0 Å². The second-order valence-electron chi connectivity index (χ2n) is 4.15. The standard InChI is InChI=1S/C12H13ClN2/c1-7-5-14-9-2-3-10-12(11(7)9)8(4-13)6-15-10/h2-3,5,8,14-15H,4,6H2,1H3. The van der Waals surface area contributed by atoms with Crippen molar-refractivity contribution in [3.05, 3.63) is 29.5 Å². The molecule has 0 bridgehead atoms. The summed E-state index contributed by atoms with van der Waals surface area (Å²) in [6.07, 6.45) is 2.06. The first-order valence-corrected chi connectivity index (χ1v) is 5.75. The van der Waals surface area contributed by atoms with E-state index in [0.717, 1.165) is 6.54 Å². The average molecular weight is 221 g/mol. The zero-order valence-electron chi connectivity index (χ0n) is 8.60. The van der Waals surface area contributed by atoms with Crippen LogP contribution >= 0.6 is 11.6 Å². The van der Waals surface area contributed by atoms with Crippen LogP contribution in [0.3, 0.4) is 0 Å². The van der Waals surface area contributed by atoms with Crippen LogP contribution in [0.5, 0.6) is 0 Å². The van der Waals surface area contributed by atoms with Gasteiger partial charge in [0.25, 0.3) is 0 Å². The number of rotatable bonds is 1. The summed E-state index contributed by atoms with van der Waals surface area (Å²) in [7, 11) is 0. The lowest BCUT2D eigenvalue weighted by Crippen LogP contribution is -2.02. The topological polar surface area (TPSA) is 27.8 Å². The summed E-state index contributed by atoms with van der Waals surface area (Å²) in [5.74, 6) is 1.13. The van der Waals surface area contributed by atoms with Crippen molar-refractivity contribution in [1.29, 1.82) is 0 Å². The van der Waals surface area contributed by atoms with Crippen LogP contribution in [0.1, 0.15) is 17.0 Å². The molecule has 2 heterocycles. The van der Waals surface area contributed by atoms with E-state index in [4.69, 9.17) is 11.6 Å². The number of halogens is 1. The largest absolute Gasteiger partial charge is 0.384 e. The predicted octanol–water partition coefficient (Wildman–Crippen LogP) is 3.22. The summed E-state index contributed by atoms with van der Waals surface area (Å²) in [5, 5.41) is 4.76. The highest BCUT2D eigenvalue weighted by Gasteiger charge is 2.24. The number of hydrogen-bond acceptors (Lipinski definition) is 1. The summed E-state index contributed by atoms with van der Waals surface area (Å²) in [4.78, 5) is 3.29. The fourth-order valence-corrected chi connectivity index (χ4v) is 2.73. The molecule has 0 amide bonds. The molecule has 1 aliphatic rings. The Balaban J connectivity index is 2.36. The summed E-state index contributed by atoms with van der Waals surface area (Å²) in [5.41, 5.74) is 5.16. The normalized spacial score (nSPS) is 19.2. The van der Waals surface area contributed by atoms with Crippen LogP contribution in [0.15, 0.2) is 18.3 Å². The van der Waals surface area contributed by atoms with E-state index in [1.165, 1.54) is 27.7 Å². The Morgan fingerprint density at radius 2 is 2.33 bits per heavy atom. The van der Waals surface area contributed by atoms with Gasteiger partial charge in [-0.3, -0.25) is 0 Å². The SMILES string of the molecule is Cc1c[nH]c2ccc3c(c12)C(CCl)CN3. The lowest BCUT2D eigenvalue weighted by atomic mass is 9.97. The number of H-pyrrole nitrogens is 1. The molecule has 1 aliphatic heterocycles. The number of hydrogen-bond donors (Lipinski definition) is 2. The van der Waals surface area contributed by atoms with E-state index in [-0.39, 0.29) is 0 Å². The summed E-state index contributed by atoms with van der Waals surface area (Å²) >= 11 is 6.01. The maximum absolute atomic E-state index is 6.01. The molecule has 2 aromatic rings. The van der Waals surface area contributed by atoms with Crippen molar-refractivity contribution < 1.29 is 0 Å². The molecular formula is C12H13ClN2. The van der Waals surface area contributed by atoms with Crippen molar-refractivity contribution in [1.82, 2.24) is 4.98 Å². The molecule has 2 N–H and O–H groups in total. The third-order valence-electron chi connectivity index (χ3n) is 3.22. The number of fused-ring (bicyclic) bond motifs is 3. The third-order valence-corrected chi connectivity index (χ3v) is 3.59. The molecule has 1 atom stereocenters. The molecule has 1 aromatic heterocycles. The van der Waals surface area contributed by atoms with Crippen LogP contribution in [0, 0.1) is 6.92 Å². The van der Waals surface area contributed by atoms with Crippen LogP contribution in [0.2, 0.25) is 0 Å².